The van der Waals surface area contributed by atoms with Crippen molar-refractivity contribution in [3.63, 3.8) is 0 Å². The first-order valence-electron chi connectivity index (χ1n) is 5.11. The van der Waals surface area contributed by atoms with Gasteiger partial charge in [0.25, 0.3) is 0 Å². The highest BCUT2D eigenvalue weighted by Crippen LogP contribution is 2.22. The van der Waals surface area contributed by atoms with E-state index in [2.05, 4.69) is 24.2 Å². The van der Waals surface area contributed by atoms with E-state index in [0.717, 1.165) is 6.54 Å². The molecule has 0 radical (unpaired) electrons. The second-order valence-electron chi connectivity index (χ2n) is 3.52. The van der Waals surface area contributed by atoms with Crippen LogP contribution in [-0.4, -0.2) is 16.3 Å². The number of rotatable bonds is 3. The van der Waals surface area contributed by atoms with Crippen LogP contribution in [-0.2, 0) is 6.54 Å². The van der Waals surface area contributed by atoms with Crippen LogP contribution < -0.4 is 5.73 Å². The maximum absolute atomic E-state index is 5.52. The van der Waals surface area contributed by atoms with E-state index in [0.29, 0.717) is 6.54 Å². The summed E-state index contributed by atoms with van der Waals surface area (Å²) in [5.74, 6) is 0. The minimum absolute atomic E-state index is 0.622. The lowest BCUT2D eigenvalue weighted by Gasteiger charge is -2.03. The molecule has 0 aliphatic carbocycles. The highest BCUT2D eigenvalue weighted by molar-refractivity contribution is 5.64. The normalized spacial score (nSPS) is 10.5. The smallest absolute Gasteiger partial charge is 0.0571 e. The lowest BCUT2D eigenvalue weighted by atomic mass is 10.1. The molecule has 0 spiro atoms. The van der Waals surface area contributed by atoms with E-state index in [9.17, 15) is 0 Å². The molecule has 0 bridgehead atoms. The third-order valence-corrected chi connectivity index (χ3v) is 2.53. The van der Waals surface area contributed by atoms with Gasteiger partial charge in [-0.2, -0.15) is 5.10 Å². The molecule has 0 unspecified atom stereocenters. The van der Waals surface area contributed by atoms with Gasteiger partial charge in [-0.15, -0.1) is 0 Å². The third kappa shape index (κ3) is 1.92. The van der Waals surface area contributed by atoms with Gasteiger partial charge in [-0.3, -0.25) is 4.68 Å². The van der Waals surface area contributed by atoms with Crippen LogP contribution in [0.2, 0.25) is 0 Å². The van der Waals surface area contributed by atoms with Gasteiger partial charge in [-0.1, -0.05) is 30.3 Å². The molecule has 0 amide bonds. The van der Waals surface area contributed by atoms with E-state index in [-0.39, 0.29) is 0 Å². The maximum Gasteiger partial charge on any atom is 0.0571 e. The first-order valence-corrected chi connectivity index (χ1v) is 5.11. The summed E-state index contributed by atoms with van der Waals surface area (Å²) in [5, 5.41) is 4.32. The fourth-order valence-electron chi connectivity index (χ4n) is 1.70. The van der Waals surface area contributed by atoms with Gasteiger partial charge >= 0.3 is 0 Å². The summed E-state index contributed by atoms with van der Waals surface area (Å²) in [6, 6.07) is 10.3. The molecule has 2 rings (SSSR count). The Kier molecular flexibility index (Phi) is 2.83. The number of nitrogens with zero attached hydrogens (tertiary/aromatic N) is 2. The van der Waals surface area contributed by atoms with Crippen molar-refractivity contribution in [3.05, 3.63) is 42.2 Å². The van der Waals surface area contributed by atoms with Crippen LogP contribution in [0.5, 0.6) is 0 Å². The monoisotopic (exact) mass is 201 g/mol. The van der Waals surface area contributed by atoms with Gasteiger partial charge in [0.1, 0.15) is 0 Å². The second kappa shape index (κ2) is 4.28. The zero-order valence-corrected chi connectivity index (χ0v) is 8.85. The minimum atomic E-state index is 0.622. The van der Waals surface area contributed by atoms with Crippen LogP contribution in [0.25, 0.3) is 11.1 Å². The Bertz CT molecular complexity index is 431. The Morgan fingerprint density at radius 1 is 1.27 bits per heavy atom. The van der Waals surface area contributed by atoms with Crippen LogP contribution in [0.15, 0.2) is 36.5 Å². The largest absolute Gasteiger partial charge is 0.329 e. The molecule has 1 aromatic carbocycles. The lowest BCUT2D eigenvalue weighted by molar-refractivity contribution is 0.608. The van der Waals surface area contributed by atoms with Crippen molar-refractivity contribution in [2.45, 2.75) is 13.5 Å². The Hall–Kier alpha value is -1.61. The molecular formula is C12H15N3. The van der Waals surface area contributed by atoms with Crippen LogP contribution in [0.4, 0.5) is 0 Å². The van der Waals surface area contributed by atoms with Crippen molar-refractivity contribution in [1.29, 1.82) is 0 Å². The van der Waals surface area contributed by atoms with E-state index in [1.807, 2.05) is 29.1 Å². The van der Waals surface area contributed by atoms with E-state index in [1.165, 1.54) is 16.8 Å². The van der Waals surface area contributed by atoms with Gasteiger partial charge in [0.05, 0.1) is 12.7 Å². The number of hydrogen-bond acceptors (Lipinski definition) is 2. The van der Waals surface area contributed by atoms with Crippen molar-refractivity contribution in [2.24, 2.45) is 5.73 Å². The first kappa shape index (κ1) is 9.93. The third-order valence-electron chi connectivity index (χ3n) is 2.53. The lowest BCUT2D eigenvalue weighted by Crippen LogP contribution is -2.12. The quantitative estimate of drug-likeness (QED) is 0.823. The first-order chi connectivity index (χ1) is 7.33. The summed E-state index contributed by atoms with van der Waals surface area (Å²) in [7, 11) is 0. The van der Waals surface area contributed by atoms with Crippen LogP contribution in [0.1, 0.15) is 5.69 Å². The van der Waals surface area contributed by atoms with Gasteiger partial charge < -0.3 is 5.73 Å². The standard InChI is InChI=1S/C12H15N3/c1-10-12(9-14-15(10)8-7-13)11-5-3-2-4-6-11/h2-6,9H,7-8,13H2,1H3. The van der Waals surface area contributed by atoms with Crippen molar-refractivity contribution in [3.8, 4) is 11.1 Å². The van der Waals surface area contributed by atoms with Gasteiger partial charge in [-0.25, -0.2) is 0 Å². The molecule has 0 saturated heterocycles. The molecule has 0 aliphatic rings. The van der Waals surface area contributed by atoms with E-state index in [4.69, 9.17) is 5.73 Å². The Balaban J connectivity index is 2.38. The average molecular weight is 201 g/mol. The van der Waals surface area contributed by atoms with Gasteiger partial charge in [0.2, 0.25) is 0 Å². The average Bonchev–Trinajstić information content (AvgIpc) is 2.63. The molecule has 0 atom stereocenters. The molecule has 15 heavy (non-hydrogen) atoms. The van der Waals surface area contributed by atoms with Crippen LogP contribution >= 0.6 is 0 Å². The summed E-state index contributed by atoms with van der Waals surface area (Å²) in [6.07, 6.45) is 1.90. The molecule has 1 aromatic heterocycles. The van der Waals surface area contributed by atoms with Crippen molar-refractivity contribution >= 4 is 0 Å². The predicted octanol–water partition coefficient (Wildman–Crippen LogP) is 1.82. The van der Waals surface area contributed by atoms with Crippen molar-refractivity contribution in [1.82, 2.24) is 9.78 Å². The SMILES string of the molecule is Cc1c(-c2ccccc2)cnn1CCN. The zero-order valence-electron chi connectivity index (χ0n) is 8.85. The maximum atomic E-state index is 5.52. The molecule has 0 aliphatic heterocycles. The minimum Gasteiger partial charge on any atom is -0.329 e. The number of hydrogen-bond donors (Lipinski definition) is 1. The number of aromatic nitrogens is 2. The highest BCUT2D eigenvalue weighted by atomic mass is 15.3. The molecule has 3 nitrogen and oxygen atoms in total. The molecule has 0 saturated carbocycles. The van der Waals surface area contributed by atoms with E-state index >= 15 is 0 Å². The predicted molar refractivity (Wildman–Crippen MR) is 61.5 cm³/mol. The highest BCUT2D eigenvalue weighted by Gasteiger charge is 2.06. The van der Waals surface area contributed by atoms with Gasteiger partial charge in [0.15, 0.2) is 0 Å². The zero-order chi connectivity index (χ0) is 10.7. The van der Waals surface area contributed by atoms with E-state index < -0.39 is 0 Å². The number of nitrogens with two attached hydrogens (primary N) is 1. The topological polar surface area (TPSA) is 43.8 Å². The summed E-state index contributed by atoms with van der Waals surface area (Å²) >= 11 is 0. The fourth-order valence-corrected chi connectivity index (χ4v) is 1.70. The summed E-state index contributed by atoms with van der Waals surface area (Å²) in [4.78, 5) is 0. The van der Waals surface area contributed by atoms with Gasteiger partial charge in [-0.05, 0) is 12.5 Å². The van der Waals surface area contributed by atoms with E-state index in [1.54, 1.807) is 0 Å². The molecular weight excluding hydrogens is 186 g/mol. The second-order valence-corrected chi connectivity index (χ2v) is 3.52. The summed E-state index contributed by atoms with van der Waals surface area (Å²) < 4.78 is 1.95. The van der Waals surface area contributed by atoms with Crippen LogP contribution in [0.3, 0.4) is 0 Å². The summed E-state index contributed by atoms with van der Waals surface area (Å²) in [5.41, 5.74) is 9.08. The Morgan fingerprint density at radius 2 is 2.00 bits per heavy atom. The molecule has 3 heteroatoms. The van der Waals surface area contributed by atoms with Crippen molar-refractivity contribution < 1.29 is 0 Å². The molecule has 78 valence electrons. The van der Waals surface area contributed by atoms with Crippen LogP contribution in [0, 0.1) is 6.92 Å². The number of benzene rings is 1. The molecule has 2 N–H and O–H groups in total. The molecule has 2 aromatic rings. The molecule has 0 fully saturated rings. The van der Waals surface area contributed by atoms with Gasteiger partial charge in [0, 0.05) is 17.8 Å². The summed E-state index contributed by atoms with van der Waals surface area (Å²) in [6.45, 7) is 3.47. The Morgan fingerprint density at radius 3 is 2.67 bits per heavy atom. The molecule has 1 heterocycles. The fraction of sp³-hybridized carbons (Fsp3) is 0.250. The van der Waals surface area contributed by atoms with Crippen molar-refractivity contribution in [2.75, 3.05) is 6.54 Å². The Labute approximate surface area is 89.5 Å².